The van der Waals surface area contributed by atoms with Gasteiger partial charge in [-0.1, -0.05) is 48.6 Å². The molecule has 1 aliphatic rings. The third-order valence-corrected chi connectivity index (χ3v) is 5.09. The summed E-state index contributed by atoms with van der Waals surface area (Å²) in [6.45, 7) is 0. The summed E-state index contributed by atoms with van der Waals surface area (Å²) in [5, 5.41) is 7.77. The second-order valence-electron chi connectivity index (χ2n) is 6.52. The molecule has 0 aliphatic heterocycles. The molecule has 4 aromatic rings. The molecule has 1 atom stereocenters. The van der Waals surface area contributed by atoms with Crippen molar-refractivity contribution < 1.29 is 0 Å². The fraction of sp³-hybridized carbons (Fsp3) is 0.0952. The zero-order valence-electron chi connectivity index (χ0n) is 14.1. The maximum atomic E-state index is 4.53. The number of hydrogen-bond donors (Lipinski definition) is 2. The molecular weight excluding hydrogens is 322 g/mol. The Morgan fingerprint density at radius 3 is 2.58 bits per heavy atom. The van der Waals surface area contributed by atoms with E-state index in [4.69, 9.17) is 0 Å². The molecular formula is C21H17N5. The maximum Gasteiger partial charge on any atom is 0.117 e. The molecule has 0 amide bonds. The molecule has 126 valence electrons. The molecule has 0 bridgehead atoms. The average molecular weight is 339 g/mol. The Hall–Kier alpha value is -3.47. The van der Waals surface area contributed by atoms with Gasteiger partial charge < -0.3 is 4.98 Å². The number of benzene rings is 1. The number of H-pyrrole nitrogens is 2. The predicted octanol–water partition coefficient (Wildman–Crippen LogP) is 3.75. The summed E-state index contributed by atoms with van der Waals surface area (Å²) in [4.78, 5) is 11.6. The van der Waals surface area contributed by atoms with Crippen LogP contribution in [0.3, 0.4) is 0 Å². The van der Waals surface area contributed by atoms with E-state index in [2.05, 4.69) is 67.6 Å². The highest BCUT2D eigenvalue weighted by Gasteiger charge is 2.36. The van der Waals surface area contributed by atoms with Gasteiger partial charge in [-0.15, -0.1) is 0 Å². The van der Waals surface area contributed by atoms with Crippen LogP contribution in [-0.2, 0) is 11.8 Å². The van der Waals surface area contributed by atoms with Gasteiger partial charge in [0.1, 0.15) is 5.69 Å². The molecule has 0 radical (unpaired) electrons. The summed E-state index contributed by atoms with van der Waals surface area (Å²) in [7, 11) is 0. The van der Waals surface area contributed by atoms with E-state index in [1.54, 1.807) is 12.5 Å². The van der Waals surface area contributed by atoms with E-state index in [-0.39, 0.29) is 5.41 Å². The Bertz CT molecular complexity index is 1010. The van der Waals surface area contributed by atoms with Crippen molar-refractivity contribution in [3.8, 4) is 11.4 Å². The summed E-state index contributed by atoms with van der Waals surface area (Å²) >= 11 is 0. The second-order valence-corrected chi connectivity index (χ2v) is 6.52. The standard InChI is InChI=1S/C21H17N5/c1-2-5-15(6-3-1)21(16-7-4-10-22-12-16)9-8-17-18(11-21)25-26-20(17)19-13-23-14-24-19/h1-10,12-14H,11H2,(H,23,24)(H,25,26). The highest BCUT2D eigenvalue weighted by molar-refractivity contribution is 5.74. The number of pyridine rings is 1. The van der Waals surface area contributed by atoms with Crippen LogP contribution in [0.5, 0.6) is 0 Å². The molecule has 0 fully saturated rings. The summed E-state index contributed by atoms with van der Waals surface area (Å²) in [6.07, 6.45) is 12.5. The van der Waals surface area contributed by atoms with Gasteiger partial charge >= 0.3 is 0 Å². The van der Waals surface area contributed by atoms with Gasteiger partial charge in [0.2, 0.25) is 0 Å². The average Bonchev–Trinajstić information content (AvgIpc) is 3.38. The monoisotopic (exact) mass is 339 g/mol. The van der Waals surface area contributed by atoms with Crippen molar-refractivity contribution in [2.24, 2.45) is 0 Å². The molecule has 26 heavy (non-hydrogen) atoms. The van der Waals surface area contributed by atoms with Crippen molar-refractivity contribution in [3.63, 3.8) is 0 Å². The Balaban J connectivity index is 1.67. The maximum absolute atomic E-state index is 4.53. The fourth-order valence-electron chi connectivity index (χ4n) is 3.78. The van der Waals surface area contributed by atoms with Crippen LogP contribution in [0.15, 0.2) is 73.5 Å². The third kappa shape index (κ3) is 2.21. The van der Waals surface area contributed by atoms with Gasteiger partial charge in [-0.3, -0.25) is 10.1 Å². The summed E-state index contributed by atoms with van der Waals surface area (Å²) in [6, 6.07) is 14.7. The number of imidazole rings is 1. The van der Waals surface area contributed by atoms with E-state index in [0.717, 1.165) is 29.1 Å². The topological polar surface area (TPSA) is 70.2 Å². The first-order valence-corrected chi connectivity index (χ1v) is 8.58. The van der Waals surface area contributed by atoms with Gasteiger partial charge in [0, 0.05) is 35.5 Å². The Labute approximate surface area is 150 Å². The Morgan fingerprint density at radius 2 is 1.81 bits per heavy atom. The van der Waals surface area contributed by atoms with Crippen molar-refractivity contribution in [3.05, 3.63) is 95.8 Å². The quantitative estimate of drug-likeness (QED) is 0.597. The van der Waals surface area contributed by atoms with Crippen LogP contribution in [0.4, 0.5) is 0 Å². The number of hydrogen-bond acceptors (Lipinski definition) is 3. The number of aromatic amines is 2. The first-order chi connectivity index (χ1) is 12.9. The minimum absolute atomic E-state index is 0.264. The summed E-state index contributed by atoms with van der Waals surface area (Å²) in [5.41, 5.74) is 6.20. The molecule has 0 saturated carbocycles. The summed E-state index contributed by atoms with van der Waals surface area (Å²) in [5.74, 6) is 0. The van der Waals surface area contributed by atoms with E-state index in [0.29, 0.717) is 0 Å². The van der Waals surface area contributed by atoms with Crippen LogP contribution in [0, 0.1) is 0 Å². The van der Waals surface area contributed by atoms with Crippen molar-refractivity contribution in [1.29, 1.82) is 0 Å². The number of allylic oxidation sites excluding steroid dienone is 1. The van der Waals surface area contributed by atoms with Crippen molar-refractivity contribution >= 4 is 6.08 Å². The zero-order valence-corrected chi connectivity index (χ0v) is 14.1. The van der Waals surface area contributed by atoms with E-state index in [1.807, 2.05) is 24.5 Å². The molecule has 5 heteroatoms. The van der Waals surface area contributed by atoms with Crippen LogP contribution in [0.1, 0.15) is 22.4 Å². The highest BCUT2D eigenvalue weighted by atomic mass is 15.1. The molecule has 0 saturated heterocycles. The second kappa shape index (κ2) is 5.81. The lowest BCUT2D eigenvalue weighted by Crippen LogP contribution is -2.30. The first-order valence-electron chi connectivity index (χ1n) is 8.58. The smallest absolute Gasteiger partial charge is 0.117 e. The summed E-state index contributed by atoms with van der Waals surface area (Å²) < 4.78 is 0. The number of fused-ring (bicyclic) bond motifs is 1. The molecule has 1 aliphatic carbocycles. The third-order valence-electron chi connectivity index (χ3n) is 5.09. The van der Waals surface area contributed by atoms with Crippen LogP contribution in [-0.4, -0.2) is 25.1 Å². The van der Waals surface area contributed by atoms with Gasteiger partial charge in [-0.25, -0.2) is 4.98 Å². The number of rotatable bonds is 3. The van der Waals surface area contributed by atoms with Gasteiger partial charge in [0.25, 0.3) is 0 Å². The molecule has 1 unspecified atom stereocenters. The Kier molecular flexibility index (Phi) is 3.31. The van der Waals surface area contributed by atoms with Crippen LogP contribution in [0.25, 0.3) is 17.5 Å². The molecule has 0 spiro atoms. The number of aromatic nitrogens is 5. The molecule has 3 heterocycles. The zero-order chi connectivity index (χ0) is 17.4. The molecule has 3 aromatic heterocycles. The first kappa shape index (κ1) is 14.8. The minimum atomic E-state index is -0.264. The van der Waals surface area contributed by atoms with E-state index < -0.39 is 0 Å². The lowest BCUT2D eigenvalue weighted by Gasteiger charge is -2.34. The Morgan fingerprint density at radius 1 is 0.923 bits per heavy atom. The molecule has 1 aromatic carbocycles. The van der Waals surface area contributed by atoms with Crippen LogP contribution >= 0.6 is 0 Å². The lowest BCUT2D eigenvalue weighted by atomic mass is 9.69. The van der Waals surface area contributed by atoms with Gasteiger partial charge in [0.15, 0.2) is 0 Å². The molecule has 2 N–H and O–H groups in total. The van der Waals surface area contributed by atoms with Crippen molar-refractivity contribution in [1.82, 2.24) is 25.1 Å². The minimum Gasteiger partial charge on any atom is -0.343 e. The largest absolute Gasteiger partial charge is 0.343 e. The van der Waals surface area contributed by atoms with E-state index in [9.17, 15) is 0 Å². The lowest BCUT2D eigenvalue weighted by molar-refractivity contribution is 0.618. The SMILES string of the molecule is C1=CC(c2ccccc2)(c2cccnc2)Cc2[nH]nc(-c3cnc[nH]3)c21. The highest BCUT2D eigenvalue weighted by Crippen LogP contribution is 2.42. The van der Waals surface area contributed by atoms with Crippen molar-refractivity contribution in [2.45, 2.75) is 11.8 Å². The van der Waals surface area contributed by atoms with Gasteiger partial charge in [-0.05, 0) is 17.2 Å². The normalized spacial score (nSPS) is 18.6. The van der Waals surface area contributed by atoms with Crippen molar-refractivity contribution in [2.75, 3.05) is 0 Å². The van der Waals surface area contributed by atoms with Crippen LogP contribution < -0.4 is 0 Å². The van der Waals surface area contributed by atoms with Crippen LogP contribution in [0.2, 0.25) is 0 Å². The van der Waals surface area contributed by atoms with E-state index >= 15 is 0 Å². The van der Waals surface area contributed by atoms with Gasteiger partial charge in [-0.2, -0.15) is 5.10 Å². The molecule has 5 rings (SSSR count). The fourth-order valence-corrected chi connectivity index (χ4v) is 3.78. The molecule has 5 nitrogen and oxygen atoms in total. The number of nitrogens with zero attached hydrogens (tertiary/aromatic N) is 3. The van der Waals surface area contributed by atoms with E-state index in [1.165, 1.54) is 11.1 Å². The predicted molar refractivity (Wildman–Crippen MR) is 100 cm³/mol. The number of nitrogens with one attached hydrogen (secondary N) is 2. The van der Waals surface area contributed by atoms with Gasteiger partial charge in [0.05, 0.1) is 18.2 Å².